The lowest BCUT2D eigenvalue weighted by Crippen LogP contribution is -2.44. The molecule has 0 aromatic carbocycles. The quantitative estimate of drug-likeness (QED) is 0.298. The molecule has 2 aliphatic rings. The van der Waals surface area contributed by atoms with E-state index in [1.165, 1.54) is 4.31 Å². The van der Waals surface area contributed by atoms with E-state index in [0.29, 0.717) is 45.1 Å². The lowest BCUT2D eigenvalue weighted by Gasteiger charge is -2.29. The van der Waals surface area contributed by atoms with E-state index in [-0.39, 0.29) is 35.6 Å². The Morgan fingerprint density at radius 1 is 1.19 bits per heavy atom. The molecule has 158 valence electrons. The van der Waals surface area contributed by atoms with Crippen LogP contribution in [0.1, 0.15) is 39.0 Å². The molecule has 1 amide bonds. The molecule has 2 rings (SSSR count). The van der Waals surface area contributed by atoms with Gasteiger partial charge in [0.25, 0.3) is 0 Å². The van der Waals surface area contributed by atoms with Gasteiger partial charge in [0.1, 0.15) is 0 Å². The fraction of sp³-hybridized carbons (Fsp3) is 0.882. The number of carbonyl (C=O) groups is 1. The van der Waals surface area contributed by atoms with E-state index in [9.17, 15) is 13.2 Å². The van der Waals surface area contributed by atoms with Crippen LogP contribution >= 0.6 is 24.0 Å². The van der Waals surface area contributed by atoms with Gasteiger partial charge in [-0.05, 0) is 26.2 Å². The molecule has 2 fully saturated rings. The summed E-state index contributed by atoms with van der Waals surface area (Å²) < 4.78 is 25.2. The van der Waals surface area contributed by atoms with Gasteiger partial charge in [-0.15, -0.1) is 24.0 Å². The molecule has 27 heavy (non-hydrogen) atoms. The first-order valence-electron chi connectivity index (χ1n) is 9.52. The Bertz CT molecular complexity index is 618. The van der Waals surface area contributed by atoms with E-state index < -0.39 is 15.4 Å². The van der Waals surface area contributed by atoms with E-state index in [2.05, 4.69) is 15.6 Å². The summed E-state index contributed by atoms with van der Waals surface area (Å²) >= 11 is 0. The smallest absolute Gasteiger partial charge is 0.230 e. The van der Waals surface area contributed by atoms with Crippen LogP contribution in [0.25, 0.3) is 0 Å². The molecule has 0 radical (unpaired) electrons. The molecule has 0 atom stereocenters. The summed E-state index contributed by atoms with van der Waals surface area (Å²) in [6, 6.07) is 0. The van der Waals surface area contributed by atoms with Crippen LogP contribution in [0.5, 0.6) is 0 Å². The first-order valence-corrected chi connectivity index (χ1v) is 11.1. The highest BCUT2D eigenvalue weighted by Crippen LogP contribution is 2.39. The number of aliphatic imine (C=N–C) groups is 1. The van der Waals surface area contributed by atoms with Crippen molar-refractivity contribution in [3.63, 3.8) is 0 Å². The van der Waals surface area contributed by atoms with E-state index in [1.807, 2.05) is 6.92 Å². The molecule has 1 aliphatic carbocycles. The summed E-state index contributed by atoms with van der Waals surface area (Å²) in [6.45, 7) is 4.69. The first-order chi connectivity index (χ1) is 12.3. The van der Waals surface area contributed by atoms with Gasteiger partial charge in [-0.2, -0.15) is 0 Å². The van der Waals surface area contributed by atoms with Crippen LogP contribution in [0.4, 0.5) is 0 Å². The number of carbonyl (C=O) groups excluding carboxylic acids is 1. The summed E-state index contributed by atoms with van der Waals surface area (Å²) in [7, 11) is 0.525. The zero-order valence-corrected chi connectivity index (χ0v) is 19.8. The second-order valence-electron chi connectivity index (χ2n) is 7.38. The van der Waals surface area contributed by atoms with Crippen LogP contribution in [0.2, 0.25) is 0 Å². The number of nitrogens with one attached hydrogen (secondary N) is 2. The number of halogens is 1. The van der Waals surface area contributed by atoms with Gasteiger partial charge in [-0.3, -0.25) is 9.79 Å². The first kappa shape index (κ1) is 24.4. The van der Waals surface area contributed by atoms with Crippen LogP contribution in [0.3, 0.4) is 0 Å². The second kappa shape index (κ2) is 10.8. The Balaban J connectivity index is 0.00000364. The average Bonchev–Trinajstić information content (AvgIpc) is 3.19. The van der Waals surface area contributed by atoms with Gasteiger partial charge in [0.15, 0.2) is 5.96 Å². The van der Waals surface area contributed by atoms with E-state index >= 15 is 0 Å². The molecular formula is C17H34IN5O3S. The normalized spacial score (nSPS) is 21.5. The molecule has 1 aliphatic heterocycles. The van der Waals surface area contributed by atoms with Crippen molar-refractivity contribution < 1.29 is 13.2 Å². The van der Waals surface area contributed by atoms with Crippen molar-refractivity contribution in [1.82, 2.24) is 19.8 Å². The Morgan fingerprint density at radius 2 is 1.85 bits per heavy atom. The van der Waals surface area contributed by atoms with Gasteiger partial charge in [-0.1, -0.05) is 12.8 Å². The number of nitrogens with zero attached hydrogens (tertiary/aromatic N) is 3. The standard InChI is InChI=1S/C17H33N5O3S.HI/c1-4-18-16(19-10-12-22-11-7-13-26(22,24)25)20-14-17(8-5-6-9-17)15(23)21(2)3;/h4-14H2,1-3H3,(H2,18,19,20);1H. The minimum atomic E-state index is -3.07. The second-order valence-corrected chi connectivity index (χ2v) is 9.47. The Kier molecular flexibility index (Phi) is 9.76. The maximum absolute atomic E-state index is 12.6. The van der Waals surface area contributed by atoms with Crippen molar-refractivity contribution >= 4 is 45.9 Å². The average molecular weight is 515 g/mol. The van der Waals surface area contributed by atoms with Gasteiger partial charge < -0.3 is 15.5 Å². The van der Waals surface area contributed by atoms with Gasteiger partial charge in [0.2, 0.25) is 15.9 Å². The van der Waals surface area contributed by atoms with Crippen molar-refractivity contribution in [3.05, 3.63) is 0 Å². The molecule has 1 heterocycles. The molecule has 2 N–H and O–H groups in total. The van der Waals surface area contributed by atoms with E-state index in [4.69, 9.17) is 0 Å². The maximum Gasteiger partial charge on any atom is 0.230 e. The third kappa shape index (κ3) is 6.45. The number of sulfonamides is 1. The maximum atomic E-state index is 12.6. The van der Waals surface area contributed by atoms with Gasteiger partial charge in [0.05, 0.1) is 17.7 Å². The molecule has 0 spiro atoms. The summed E-state index contributed by atoms with van der Waals surface area (Å²) in [5, 5.41) is 6.39. The lowest BCUT2D eigenvalue weighted by atomic mass is 9.85. The summed E-state index contributed by atoms with van der Waals surface area (Å²) in [5.74, 6) is 1.04. The fourth-order valence-corrected chi connectivity index (χ4v) is 5.31. The highest BCUT2D eigenvalue weighted by Gasteiger charge is 2.42. The van der Waals surface area contributed by atoms with E-state index in [1.54, 1.807) is 19.0 Å². The molecule has 0 unspecified atom stereocenters. The molecule has 0 aromatic rings. The van der Waals surface area contributed by atoms with Gasteiger partial charge in [-0.25, -0.2) is 12.7 Å². The molecule has 0 bridgehead atoms. The predicted molar refractivity (Wildman–Crippen MR) is 119 cm³/mol. The summed E-state index contributed by atoms with van der Waals surface area (Å²) in [6.07, 6.45) is 4.57. The fourth-order valence-electron chi connectivity index (χ4n) is 3.78. The third-order valence-electron chi connectivity index (χ3n) is 5.16. The van der Waals surface area contributed by atoms with Crippen molar-refractivity contribution in [1.29, 1.82) is 0 Å². The molecule has 1 saturated carbocycles. The van der Waals surface area contributed by atoms with Crippen LogP contribution < -0.4 is 10.6 Å². The van der Waals surface area contributed by atoms with Crippen LogP contribution in [0.15, 0.2) is 4.99 Å². The minimum Gasteiger partial charge on any atom is -0.357 e. The summed E-state index contributed by atoms with van der Waals surface area (Å²) in [5.41, 5.74) is -0.399. The SMILES string of the molecule is CCNC(=NCC1(C(=O)N(C)C)CCCC1)NCCN1CCCS1(=O)=O.I. The van der Waals surface area contributed by atoms with Crippen molar-refractivity contribution in [3.8, 4) is 0 Å². The Morgan fingerprint density at radius 3 is 2.37 bits per heavy atom. The topological polar surface area (TPSA) is 94.1 Å². The third-order valence-corrected chi connectivity index (χ3v) is 7.12. The molecule has 8 nitrogen and oxygen atoms in total. The van der Waals surface area contributed by atoms with Crippen LogP contribution in [-0.4, -0.2) is 82.1 Å². The van der Waals surface area contributed by atoms with Crippen molar-refractivity contribution in [2.75, 3.05) is 52.6 Å². The zero-order chi connectivity index (χ0) is 19.2. The molecule has 0 aromatic heterocycles. The van der Waals surface area contributed by atoms with Crippen molar-refractivity contribution in [2.24, 2.45) is 10.4 Å². The monoisotopic (exact) mass is 515 g/mol. The minimum absolute atomic E-state index is 0. The largest absolute Gasteiger partial charge is 0.357 e. The van der Waals surface area contributed by atoms with Crippen LogP contribution in [0, 0.1) is 5.41 Å². The van der Waals surface area contributed by atoms with Crippen LogP contribution in [-0.2, 0) is 14.8 Å². The number of amides is 1. The zero-order valence-electron chi connectivity index (χ0n) is 16.7. The van der Waals surface area contributed by atoms with Crippen molar-refractivity contribution in [2.45, 2.75) is 39.0 Å². The predicted octanol–water partition coefficient (Wildman–Crippen LogP) is 0.844. The summed E-state index contributed by atoms with van der Waals surface area (Å²) in [4.78, 5) is 19.0. The molecule has 1 saturated heterocycles. The number of hydrogen-bond acceptors (Lipinski definition) is 4. The highest BCUT2D eigenvalue weighted by molar-refractivity contribution is 14.0. The highest BCUT2D eigenvalue weighted by atomic mass is 127. The molecule has 10 heteroatoms. The number of guanidine groups is 1. The van der Waals surface area contributed by atoms with Gasteiger partial charge in [0, 0.05) is 40.3 Å². The number of rotatable bonds is 7. The lowest BCUT2D eigenvalue weighted by molar-refractivity contribution is -0.138. The van der Waals surface area contributed by atoms with Gasteiger partial charge >= 0.3 is 0 Å². The van der Waals surface area contributed by atoms with E-state index in [0.717, 1.165) is 25.7 Å². The molecular weight excluding hydrogens is 481 g/mol. The Hall–Kier alpha value is -0.620. The number of hydrogen-bond donors (Lipinski definition) is 2. The Labute approximate surface area is 180 Å².